The Morgan fingerprint density at radius 3 is 2.56 bits per heavy atom. The summed E-state index contributed by atoms with van der Waals surface area (Å²) in [6.07, 6.45) is 2.97. The van der Waals surface area contributed by atoms with Crippen molar-refractivity contribution in [2.75, 3.05) is 10.6 Å². The van der Waals surface area contributed by atoms with Crippen LogP contribution in [0.1, 0.15) is 21.6 Å². The highest BCUT2D eigenvalue weighted by Crippen LogP contribution is 2.23. The van der Waals surface area contributed by atoms with Gasteiger partial charge in [-0.15, -0.1) is 0 Å². The van der Waals surface area contributed by atoms with Crippen molar-refractivity contribution in [3.8, 4) is 0 Å². The lowest BCUT2D eigenvalue weighted by molar-refractivity contribution is 0.102. The maximum atomic E-state index is 12.3. The molecule has 25 heavy (non-hydrogen) atoms. The van der Waals surface area contributed by atoms with Gasteiger partial charge in [-0.3, -0.25) is 4.79 Å². The van der Waals surface area contributed by atoms with Crippen LogP contribution in [-0.4, -0.2) is 15.9 Å². The molecule has 0 spiro atoms. The summed E-state index contributed by atoms with van der Waals surface area (Å²) in [6, 6.07) is 13.3. The summed E-state index contributed by atoms with van der Waals surface area (Å²) in [5.74, 6) is 0.237. The Balaban J connectivity index is 1.71. The van der Waals surface area contributed by atoms with Crippen LogP contribution < -0.4 is 10.6 Å². The standard InChI is InChI=1S/C19H17ClN4O/c1-12-5-3-6-14(9-12)23-18-11-21-17(10-22-18)19(25)24-16-8-4-7-15(20)13(16)2/h3-11H,1-2H3,(H,22,23)(H,24,25). The SMILES string of the molecule is Cc1cccc(Nc2cnc(C(=O)Nc3cccc(Cl)c3C)cn2)c1. The molecule has 6 heteroatoms. The van der Waals surface area contributed by atoms with E-state index in [-0.39, 0.29) is 11.6 Å². The predicted octanol–water partition coefficient (Wildman–Crippen LogP) is 4.74. The van der Waals surface area contributed by atoms with E-state index in [0.29, 0.717) is 16.5 Å². The van der Waals surface area contributed by atoms with E-state index in [9.17, 15) is 4.79 Å². The van der Waals surface area contributed by atoms with Crippen molar-refractivity contribution in [3.05, 3.63) is 76.7 Å². The Morgan fingerprint density at radius 2 is 1.84 bits per heavy atom. The number of halogens is 1. The Kier molecular flexibility index (Phi) is 4.95. The van der Waals surface area contributed by atoms with E-state index in [0.717, 1.165) is 16.8 Å². The molecule has 126 valence electrons. The number of carbonyl (C=O) groups excluding carboxylic acids is 1. The van der Waals surface area contributed by atoms with Crippen LogP contribution in [0.3, 0.4) is 0 Å². The van der Waals surface area contributed by atoms with Gasteiger partial charge < -0.3 is 10.6 Å². The van der Waals surface area contributed by atoms with Crippen molar-refractivity contribution in [3.63, 3.8) is 0 Å². The maximum absolute atomic E-state index is 12.3. The lowest BCUT2D eigenvalue weighted by Gasteiger charge is -2.09. The fourth-order valence-corrected chi connectivity index (χ4v) is 2.48. The molecule has 0 saturated carbocycles. The first-order chi connectivity index (χ1) is 12.0. The second-order valence-electron chi connectivity index (χ2n) is 5.65. The van der Waals surface area contributed by atoms with E-state index in [2.05, 4.69) is 20.6 Å². The van der Waals surface area contributed by atoms with Gasteiger partial charge in [0, 0.05) is 16.4 Å². The minimum absolute atomic E-state index is 0.231. The molecule has 0 bridgehead atoms. The zero-order chi connectivity index (χ0) is 17.8. The van der Waals surface area contributed by atoms with Gasteiger partial charge in [0.1, 0.15) is 11.5 Å². The molecular formula is C19H17ClN4O. The number of rotatable bonds is 4. The predicted molar refractivity (Wildman–Crippen MR) is 101 cm³/mol. The van der Waals surface area contributed by atoms with Crippen LogP contribution in [0.4, 0.5) is 17.2 Å². The highest BCUT2D eigenvalue weighted by Gasteiger charge is 2.11. The van der Waals surface area contributed by atoms with Crippen LogP contribution in [0.2, 0.25) is 5.02 Å². The molecule has 3 rings (SSSR count). The molecule has 0 saturated heterocycles. The molecule has 0 radical (unpaired) electrons. The van der Waals surface area contributed by atoms with E-state index >= 15 is 0 Å². The van der Waals surface area contributed by atoms with E-state index in [4.69, 9.17) is 11.6 Å². The van der Waals surface area contributed by atoms with Gasteiger partial charge in [0.25, 0.3) is 5.91 Å². The van der Waals surface area contributed by atoms with Crippen molar-refractivity contribution in [2.45, 2.75) is 13.8 Å². The summed E-state index contributed by atoms with van der Waals surface area (Å²) in [6.45, 7) is 3.86. The number of aromatic nitrogens is 2. The molecule has 5 nitrogen and oxygen atoms in total. The molecule has 0 atom stereocenters. The molecule has 1 aromatic heterocycles. The molecule has 2 aromatic carbocycles. The summed E-state index contributed by atoms with van der Waals surface area (Å²) in [4.78, 5) is 20.7. The van der Waals surface area contributed by atoms with Crippen LogP contribution >= 0.6 is 11.6 Å². The number of hydrogen-bond donors (Lipinski definition) is 2. The molecule has 0 fully saturated rings. The summed E-state index contributed by atoms with van der Waals surface area (Å²) in [7, 11) is 0. The third kappa shape index (κ3) is 4.14. The Morgan fingerprint density at radius 1 is 1.04 bits per heavy atom. The third-order valence-electron chi connectivity index (χ3n) is 3.69. The number of anilines is 3. The zero-order valence-corrected chi connectivity index (χ0v) is 14.6. The van der Waals surface area contributed by atoms with Crippen LogP contribution in [0.25, 0.3) is 0 Å². The Bertz CT molecular complexity index is 910. The minimum Gasteiger partial charge on any atom is -0.339 e. The number of aryl methyl sites for hydroxylation is 1. The average molecular weight is 353 g/mol. The van der Waals surface area contributed by atoms with Gasteiger partial charge in [-0.1, -0.05) is 29.8 Å². The Hall–Kier alpha value is -2.92. The fourth-order valence-electron chi connectivity index (χ4n) is 2.31. The first-order valence-electron chi connectivity index (χ1n) is 7.75. The second-order valence-corrected chi connectivity index (χ2v) is 6.06. The number of nitrogens with one attached hydrogen (secondary N) is 2. The lowest BCUT2D eigenvalue weighted by Crippen LogP contribution is -2.15. The van der Waals surface area contributed by atoms with Crippen LogP contribution in [0.5, 0.6) is 0 Å². The summed E-state index contributed by atoms with van der Waals surface area (Å²) < 4.78 is 0. The lowest BCUT2D eigenvalue weighted by atomic mass is 10.2. The number of hydrogen-bond acceptors (Lipinski definition) is 4. The Labute approximate surface area is 151 Å². The average Bonchev–Trinajstić information content (AvgIpc) is 2.59. The van der Waals surface area contributed by atoms with Crippen molar-refractivity contribution in [2.24, 2.45) is 0 Å². The maximum Gasteiger partial charge on any atom is 0.275 e. The minimum atomic E-state index is -0.333. The molecule has 0 unspecified atom stereocenters. The van der Waals surface area contributed by atoms with Crippen LogP contribution in [-0.2, 0) is 0 Å². The smallest absolute Gasteiger partial charge is 0.275 e. The van der Waals surface area contributed by atoms with Gasteiger partial charge in [-0.25, -0.2) is 9.97 Å². The number of amides is 1. The highest BCUT2D eigenvalue weighted by molar-refractivity contribution is 6.31. The van der Waals surface area contributed by atoms with Crippen molar-refractivity contribution >= 4 is 34.7 Å². The largest absolute Gasteiger partial charge is 0.339 e. The topological polar surface area (TPSA) is 66.9 Å². The molecule has 0 aliphatic heterocycles. The van der Waals surface area contributed by atoms with E-state index in [1.54, 1.807) is 18.2 Å². The van der Waals surface area contributed by atoms with E-state index in [1.807, 2.05) is 38.1 Å². The van der Waals surface area contributed by atoms with Gasteiger partial charge >= 0.3 is 0 Å². The van der Waals surface area contributed by atoms with Gasteiger partial charge in [-0.05, 0) is 49.2 Å². The van der Waals surface area contributed by atoms with Crippen LogP contribution in [0, 0.1) is 13.8 Å². The quantitative estimate of drug-likeness (QED) is 0.711. The van der Waals surface area contributed by atoms with Crippen molar-refractivity contribution in [1.82, 2.24) is 9.97 Å². The van der Waals surface area contributed by atoms with E-state index < -0.39 is 0 Å². The van der Waals surface area contributed by atoms with Crippen LogP contribution in [0.15, 0.2) is 54.9 Å². The van der Waals surface area contributed by atoms with Crippen molar-refractivity contribution in [1.29, 1.82) is 0 Å². The number of benzene rings is 2. The van der Waals surface area contributed by atoms with Gasteiger partial charge in [0.05, 0.1) is 12.4 Å². The van der Waals surface area contributed by atoms with Gasteiger partial charge in [0.15, 0.2) is 0 Å². The normalized spacial score (nSPS) is 10.4. The third-order valence-corrected chi connectivity index (χ3v) is 4.10. The van der Waals surface area contributed by atoms with Gasteiger partial charge in [-0.2, -0.15) is 0 Å². The molecule has 0 aliphatic carbocycles. The molecule has 2 N–H and O–H groups in total. The zero-order valence-electron chi connectivity index (χ0n) is 13.9. The molecular weight excluding hydrogens is 336 g/mol. The number of nitrogens with zero attached hydrogens (tertiary/aromatic N) is 2. The summed E-state index contributed by atoms with van der Waals surface area (Å²) in [5.41, 5.74) is 3.76. The molecule has 1 amide bonds. The first-order valence-corrected chi connectivity index (χ1v) is 8.13. The van der Waals surface area contributed by atoms with Crippen molar-refractivity contribution < 1.29 is 4.79 Å². The number of carbonyl (C=O) groups is 1. The second kappa shape index (κ2) is 7.32. The molecule has 1 heterocycles. The monoisotopic (exact) mass is 352 g/mol. The molecule has 0 aliphatic rings. The summed E-state index contributed by atoms with van der Waals surface area (Å²) >= 11 is 6.06. The first kappa shape index (κ1) is 16.9. The van der Waals surface area contributed by atoms with Gasteiger partial charge in [0.2, 0.25) is 0 Å². The highest BCUT2D eigenvalue weighted by atomic mass is 35.5. The summed E-state index contributed by atoms with van der Waals surface area (Å²) in [5, 5.41) is 6.55. The molecule has 3 aromatic rings. The fraction of sp³-hybridized carbons (Fsp3) is 0.105. The van der Waals surface area contributed by atoms with E-state index in [1.165, 1.54) is 12.4 Å².